The minimum Gasteiger partial charge on any atom is -0.394 e. The third-order valence-corrected chi connectivity index (χ3v) is 17.0. The lowest BCUT2D eigenvalue weighted by molar-refractivity contribution is -0.402. The van der Waals surface area contributed by atoms with Crippen LogP contribution >= 0.6 is 0 Å². The largest absolute Gasteiger partial charge is 0.394 e. The van der Waals surface area contributed by atoms with E-state index in [4.69, 9.17) is 81.5 Å². The Morgan fingerprint density at radius 1 is 0.170 bits per heavy atom. The van der Waals surface area contributed by atoms with Crippen molar-refractivity contribution in [2.75, 3.05) is 52.9 Å². The molecule has 30 heterocycles. The Morgan fingerprint density at radius 2 is 0.295 bits per heavy atom. The molecule has 0 amide bonds. The normalized spacial score (nSPS) is 55.4. The summed E-state index contributed by atoms with van der Waals surface area (Å²) in [5.74, 6) is 0. The third kappa shape index (κ3) is 13.8. The van der Waals surface area contributed by atoms with E-state index < -0.39 is 298 Å². The highest BCUT2D eigenvalue weighted by molar-refractivity contribution is 5.03. The number of aliphatic hydroxyl groups excluding tert-OH is 23. The molecule has 30 saturated heterocycles. The smallest absolute Gasteiger partial charge is 0.187 e. The highest BCUT2D eigenvalue weighted by atomic mass is 16.8. The van der Waals surface area contributed by atoms with E-state index >= 15 is 0 Å². The van der Waals surface area contributed by atoms with E-state index in [1.807, 2.05) is 0 Å². The lowest BCUT2D eigenvalue weighted by Gasteiger charge is -2.50. The fraction of sp³-hybridized carbons (Fsp3) is 1.00. The molecule has 30 fully saturated rings. The molecule has 0 aromatic carbocycles. The van der Waals surface area contributed by atoms with Crippen molar-refractivity contribution in [3.63, 3.8) is 0 Å². The van der Waals surface area contributed by atoms with Gasteiger partial charge in [0.1, 0.15) is 189 Å². The Hall–Kier alpha value is -1.60. The van der Waals surface area contributed by atoms with Crippen molar-refractivity contribution in [2.45, 2.75) is 246 Å². The summed E-state index contributed by atoms with van der Waals surface area (Å²) in [5.41, 5.74) is 6.37. The number of rotatable bonds is 8. The van der Waals surface area contributed by atoms with Crippen molar-refractivity contribution >= 4 is 0 Å². The molecule has 88 heavy (non-hydrogen) atoms. The summed E-state index contributed by atoms with van der Waals surface area (Å²) in [4.78, 5) is 0. The molecule has 30 aliphatic heterocycles. The Kier molecular flexibility index (Phi) is 24.1. The summed E-state index contributed by atoms with van der Waals surface area (Å²) in [6.45, 7) is -8.46. The van der Waals surface area contributed by atoms with Crippen molar-refractivity contribution in [2.24, 2.45) is 5.73 Å². The molecule has 40 nitrogen and oxygen atoms in total. The van der Waals surface area contributed by atoms with E-state index in [0.29, 0.717) is 0 Å². The molecule has 0 aliphatic carbocycles. The lowest BCUT2D eigenvalue weighted by atomic mass is 9.94. The van der Waals surface area contributed by atoms with Crippen LogP contribution in [0, 0.1) is 0 Å². The quantitative estimate of drug-likeness (QED) is 0.107. The molecule has 512 valence electrons. The Balaban J connectivity index is 0.975. The maximum Gasteiger partial charge on any atom is 0.187 e. The predicted molar refractivity (Wildman–Crippen MR) is 263 cm³/mol. The SMILES string of the molecule is N[C@H]1[C@H](O)[C@H]2O[C@H]3[C@H](O)[C@@H](O)[C@@H](O[C@H]4[C@H](O)[C@@H](O)[C@@H](O[C@H]5[C@H](O)[C@@H](O)[C@@H](O[C@H]6[C@H](O)[C@@H](O)[C@@H](O[C@H]7[C@H](O)[C@@H](O)[C@@H](O[C@H]8[C@H](O)[C@H](O)[C@@H](O[C@H]9[C@H](O)[C@H](O)[C@@H](O[C@@H]1[C@@H](CO)O2)O[C@@H]9CO)O[C@@H]8CO)O[C@@H]7CO)O[C@@H]6CO)O[C@@H]5CO)O[C@@H]4CO)O[C@@H]3CO. The van der Waals surface area contributed by atoms with Gasteiger partial charge in [-0.3, -0.25) is 0 Å². The first-order valence-electron chi connectivity index (χ1n) is 28.2. The molecule has 0 spiro atoms. The molecule has 0 saturated carbocycles. The molecule has 0 aromatic rings. The zero-order chi connectivity index (χ0) is 64.1. The fourth-order valence-corrected chi connectivity index (χ4v) is 12.0. The summed E-state index contributed by atoms with van der Waals surface area (Å²) >= 11 is 0. The zero-order valence-electron chi connectivity index (χ0n) is 46.1. The topological polar surface area (TPSA) is 639 Å². The highest BCUT2D eigenvalue weighted by Gasteiger charge is 2.60. The number of hydrogen-bond donors (Lipinski definition) is 24. The summed E-state index contributed by atoms with van der Waals surface area (Å²) in [5, 5.41) is 254. The standard InChI is InChI=1S/C48H81NO39/c49-17-18(58)41-73-9(1-50)33(17)81-42-26(66)19(59)35(11(3-52)74-42)83-44-28(68)21(61)37(13(5-54)76-44)85-46-30(70)23(63)39(15(7-56)78-46)87-48-32(72)25(65)40(16(8-57)80-48)88-47-31(71)24(64)38(14(6-55)79-47)86-45-29(69)22(62)36(12(4-53)77-45)84-43-27(67)20(60)34(82-41)10(2-51)75-43/h9-48,50-72H,1-8,49H2/t9-,10-,11-,12-,13-,14-,15-,16-,17+,18+,19-,20-,21-,22-,23-,24-,25-,26+,27-,28+,29-,30-,31-,32-,33-,34-,35-,36-,37-,38-,39-,40-,41-,42-,43-,44-,45-,46-,47-,48-/m1/s1. The lowest BCUT2D eigenvalue weighted by Crippen LogP contribution is -2.69. The van der Waals surface area contributed by atoms with Crippen LogP contribution in [0.3, 0.4) is 0 Å². The van der Waals surface area contributed by atoms with Gasteiger partial charge in [-0.2, -0.15) is 0 Å². The second-order valence-corrected chi connectivity index (χ2v) is 22.5. The second kappa shape index (κ2) is 30.0. The van der Waals surface area contributed by atoms with Gasteiger partial charge in [-0.1, -0.05) is 0 Å². The van der Waals surface area contributed by atoms with Gasteiger partial charge >= 0.3 is 0 Å². The molecule has 0 radical (unpaired) electrons. The van der Waals surface area contributed by atoms with E-state index in [2.05, 4.69) is 0 Å². The Labute approximate surface area is 496 Å². The van der Waals surface area contributed by atoms with Crippen LogP contribution in [0.15, 0.2) is 0 Å². The number of nitrogens with two attached hydrogens (primary N) is 1. The molecule has 30 rings (SSSR count). The second-order valence-electron chi connectivity index (χ2n) is 22.5. The first kappa shape index (κ1) is 70.7. The molecule has 0 aromatic heterocycles. The average molecular weight is 1300 g/mol. The summed E-state index contributed by atoms with van der Waals surface area (Å²) in [6, 6.07) is -1.71. The average Bonchev–Trinajstić information content (AvgIpc) is 1.09. The maximum absolute atomic E-state index is 11.4. The molecule has 0 unspecified atom stereocenters. The number of ether oxygens (including phenoxy) is 16. The molecule has 30 aliphatic rings. The van der Waals surface area contributed by atoms with Gasteiger partial charge in [-0.25, -0.2) is 0 Å². The van der Waals surface area contributed by atoms with Crippen molar-refractivity contribution in [3.8, 4) is 0 Å². The van der Waals surface area contributed by atoms with E-state index in [1.165, 1.54) is 0 Å². The van der Waals surface area contributed by atoms with Crippen molar-refractivity contribution in [3.05, 3.63) is 0 Å². The summed E-state index contributed by atoms with van der Waals surface area (Å²) in [7, 11) is 0. The van der Waals surface area contributed by atoms with Crippen LogP contribution in [0.5, 0.6) is 0 Å². The monoisotopic (exact) mass is 1300 g/mol. The van der Waals surface area contributed by atoms with Crippen LogP contribution in [0.4, 0.5) is 0 Å². The van der Waals surface area contributed by atoms with E-state index in [9.17, 15) is 117 Å². The summed E-state index contributed by atoms with van der Waals surface area (Å²) < 4.78 is 91.6. The molecule has 40 atom stereocenters. The van der Waals surface area contributed by atoms with E-state index in [-0.39, 0.29) is 0 Å². The van der Waals surface area contributed by atoms with Gasteiger partial charge in [0.05, 0.1) is 58.9 Å². The Morgan fingerprint density at radius 3 is 0.443 bits per heavy atom. The fourth-order valence-electron chi connectivity index (χ4n) is 12.0. The third-order valence-electron chi connectivity index (χ3n) is 17.0. The van der Waals surface area contributed by atoms with Gasteiger partial charge in [-0.05, 0) is 0 Å². The van der Waals surface area contributed by atoms with Crippen LogP contribution in [0.25, 0.3) is 0 Å². The van der Waals surface area contributed by atoms with Crippen molar-refractivity contribution < 1.29 is 193 Å². The van der Waals surface area contributed by atoms with Crippen LogP contribution in [0.1, 0.15) is 0 Å². The minimum absolute atomic E-state index is 1.00. The number of aliphatic hydroxyl groups is 23. The zero-order valence-corrected chi connectivity index (χ0v) is 46.1. The highest BCUT2D eigenvalue weighted by Crippen LogP contribution is 2.39. The van der Waals surface area contributed by atoms with Gasteiger partial charge in [0.15, 0.2) is 50.3 Å². The van der Waals surface area contributed by atoms with Crippen molar-refractivity contribution in [1.29, 1.82) is 0 Å². The van der Waals surface area contributed by atoms with Gasteiger partial charge in [0.25, 0.3) is 0 Å². The first-order chi connectivity index (χ1) is 41.9. The van der Waals surface area contributed by atoms with Crippen molar-refractivity contribution in [1.82, 2.24) is 0 Å². The van der Waals surface area contributed by atoms with Crippen LogP contribution in [-0.2, 0) is 75.8 Å². The molecule has 16 bridgehead atoms. The van der Waals surface area contributed by atoms with Crippen LogP contribution in [0.2, 0.25) is 0 Å². The van der Waals surface area contributed by atoms with Gasteiger partial charge < -0.3 is 199 Å². The summed E-state index contributed by atoms with van der Waals surface area (Å²) in [6.07, 6.45) is -78.4. The van der Waals surface area contributed by atoms with Crippen LogP contribution < -0.4 is 5.73 Å². The van der Waals surface area contributed by atoms with E-state index in [0.717, 1.165) is 0 Å². The Bertz CT molecular complexity index is 1710. The molecular weight excluding hydrogens is 1210 g/mol. The number of hydrogen-bond acceptors (Lipinski definition) is 40. The van der Waals surface area contributed by atoms with Gasteiger partial charge in [0.2, 0.25) is 0 Å². The molecule has 25 N–H and O–H groups in total. The minimum atomic E-state index is -2.24. The predicted octanol–water partition coefficient (Wildman–Crippen LogP) is -17.4. The van der Waals surface area contributed by atoms with Gasteiger partial charge in [-0.15, -0.1) is 0 Å². The van der Waals surface area contributed by atoms with Crippen LogP contribution in [-0.4, -0.2) is 416 Å². The van der Waals surface area contributed by atoms with E-state index in [1.54, 1.807) is 0 Å². The molecular formula is C48H81NO39. The maximum atomic E-state index is 11.4. The molecule has 40 heteroatoms. The van der Waals surface area contributed by atoms with Gasteiger partial charge in [0, 0.05) is 0 Å². The first-order valence-corrected chi connectivity index (χ1v) is 28.2.